The van der Waals surface area contributed by atoms with Crippen molar-refractivity contribution in [3.05, 3.63) is 42.1 Å². The summed E-state index contributed by atoms with van der Waals surface area (Å²) in [7, 11) is 0. The van der Waals surface area contributed by atoms with Gasteiger partial charge in [-0.3, -0.25) is 5.10 Å². The zero-order valence-electron chi connectivity index (χ0n) is 12.1. The highest BCUT2D eigenvalue weighted by Gasteiger charge is 2.39. The Bertz CT molecular complexity index is 827. The summed E-state index contributed by atoms with van der Waals surface area (Å²) in [5.41, 5.74) is 7.17. The lowest BCUT2D eigenvalue weighted by atomic mass is 9.77. The number of nitrogens with zero attached hydrogens (tertiary/aromatic N) is 3. The van der Waals surface area contributed by atoms with Crippen LogP contribution in [0.3, 0.4) is 0 Å². The van der Waals surface area contributed by atoms with Crippen LogP contribution in [0.4, 0.5) is 4.39 Å². The summed E-state index contributed by atoms with van der Waals surface area (Å²) in [5, 5.41) is 10.7. The van der Waals surface area contributed by atoms with Crippen LogP contribution < -0.4 is 5.73 Å². The number of hydrogen-bond donors (Lipinski definition) is 2. The number of halogens is 2. The molecule has 8 heteroatoms. The normalized spacial score (nSPS) is 15.7. The summed E-state index contributed by atoms with van der Waals surface area (Å²) in [5.74, 6) is 0.440. The SMILES string of the molecule is Cl.NC1(c2noc(-c3cn[nH]c3-c3ccccc3F)n2)CCC1. The molecule has 0 saturated heterocycles. The first kappa shape index (κ1) is 15.6. The molecule has 0 aliphatic heterocycles. The molecule has 23 heavy (non-hydrogen) atoms. The van der Waals surface area contributed by atoms with Crippen molar-refractivity contribution in [2.24, 2.45) is 5.73 Å². The molecule has 3 aromatic rings. The Morgan fingerprint density at radius 2 is 2.00 bits per heavy atom. The van der Waals surface area contributed by atoms with Crippen LogP contribution in [-0.2, 0) is 5.54 Å². The highest BCUT2D eigenvalue weighted by atomic mass is 35.5. The second kappa shape index (κ2) is 5.75. The van der Waals surface area contributed by atoms with Gasteiger partial charge in [-0.05, 0) is 31.4 Å². The minimum atomic E-state index is -0.496. The largest absolute Gasteiger partial charge is 0.334 e. The second-order valence-electron chi connectivity index (χ2n) is 5.57. The van der Waals surface area contributed by atoms with Crippen molar-refractivity contribution in [3.8, 4) is 22.7 Å². The Hall–Kier alpha value is -2.25. The van der Waals surface area contributed by atoms with E-state index in [1.165, 1.54) is 6.07 Å². The summed E-state index contributed by atoms with van der Waals surface area (Å²) < 4.78 is 19.3. The maximum atomic E-state index is 14.0. The maximum absolute atomic E-state index is 14.0. The molecule has 0 bridgehead atoms. The predicted octanol–water partition coefficient (Wildman–Crippen LogP) is 3.03. The Labute approximate surface area is 137 Å². The molecule has 1 fully saturated rings. The third-order valence-corrected chi connectivity index (χ3v) is 4.13. The van der Waals surface area contributed by atoms with E-state index in [4.69, 9.17) is 10.3 Å². The molecular weight excluding hydrogens is 321 g/mol. The van der Waals surface area contributed by atoms with E-state index < -0.39 is 5.54 Å². The van der Waals surface area contributed by atoms with Crippen molar-refractivity contribution in [2.45, 2.75) is 24.8 Å². The van der Waals surface area contributed by atoms with Gasteiger partial charge in [-0.2, -0.15) is 10.1 Å². The highest BCUT2D eigenvalue weighted by Crippen LogP contribution is 2.38. The van der Waals surface area contributed by atoms with Gasteiger partial charge in [0.25, 0.3) is 5.89 Å². The predicted molar refractivity (Wildman–Crippen MR) is 84.2 cm³/mol. The van der Waals surface area contributed by atoms with Crippen LogP contribution >= 0.6 is 12.4 Å². The van der Waals surface area contributed by atoms with Gasteiger partial charge < -0.3 is 10.3 Å². The average molecular weight is 336 g/mol. The zero-order chi connectivity index (χ0) is 15.2. The van der Waals surface area contributed by atoms with E-state index in [1.54, 1.807) is 24.4 Å². The molecular formula is C15H15ClFN5O. The fourth-order valence-electron chi connectivity index (χ4n) is 2.63. The summed E-state index contributed by atoms with van der Waals surface area (Å²) in [6.45, 7) is 0. The fraction of sp³-hybridized carbons (Fsp3) is 0.267. The first-order chi connectivity index (χ1) is 10.7. The minimum Gasteiger partial charge on any atom is -0.334 e. The standard InChI is InChI=1S/C15H14FN5O.ClH/c16-11-5-2-1-4-9(11)12-10(8-18-20-12)13-19-14(21-22-13)15(17)6-3-7-15;/h1-2,4-5,8H,3,6-7,17H2,(H,18,20);1H. The summed E-state index contributed by atoms with van der Waals surface area (Å²) in [6, 6.07) is 6.45. The van der Waals surface area contributed by atoms with Gasteiger partial charge in [0.05, 0.1) is 23.0 Å². The summed E-state index contributed by atoms with van der Waals surface area (Å²) in [6.07, 6.45) is 4.30. The lowest BCUT2D eigenvalue weighted by Gasteiger charge is -2.34. The fourth-order valence-corrected chi connectivity index (χ4v) is 2.63. The van der Waals surface area contributed by atoms with E-state index in [2.05, 4.69) is 20.3 Å². The van der Waals surface area contributed by atoms with Crippen molar-refractivity contribution in [1.29, 1.82) is 0 Å². The molecule has 1 aliphatic carbocycles. The molecule has 120 valence electrons. The first-order valence-corrected chi connectivity index (χ1v) is 7.09. The molecule has 0 amide bonds. The van der Waals surface area contributed by atoms with Crippen LogP contribution in [0.2, 0.25) is 0 Å². The van der Waals surface area contributed by atoms with Gasteiger partial charge in [0.1, 0.15) is 5.82 Å². The van der Waals surface area contributed by atoms with Crippen molar-refractivity contribution >= 4 is 12.4 Å². The van der Waals surface area contributed by atoms with Gasteiger partial charge in [0.15, 0.2) is 5.82 Å². The van der Waals surface area contributed by atoms with E-state index in [1.807, 2.05) is 0 Å². The zero-order valence-corrected chi connectivity index (χ0v) is 12.9. The van der Waals surface area contributed by atoms with Gasteiger partial charge in [0.2, 0.25) is 0 Å². The van der Waals surface area contributed by atoms with Gasteiger partial charge >= 0.3 is 0 Å². The maximum Gasteiger partial charge on any atom is 0.261 e. The lowest BCUT2D eigenvalue weighted by Crippen LogP contribution is -2.44. The quantitative estimate of drug-likeness (QED) is 0.767. The average Bonchev–Trinajstić information content (AvgIpc) is 3.14. The molecule has 1 aliphatic rings. The number of hydrogen-bond acceptors (Lipinski definition) is 5. The molecule has 0 spiro atoms. The van der Waals surface area contributed by atoms with E-state index in [0.29, 0.717) is 28.5 Å². The highest BCUT2D eigenvalue weighted by molar-refractivity contribution is 5.85. The minimum absolute atomic E-state index is 0. The van der Waals surface area contributed by atoms with Crippen molar-refractivity contribution < 1.29 is 8.91 Å². The molecule has 3 N–H and O–H groups in total. The van der Waals surface area contributed by atoms with E-state index in [-0.39, 0.29) is 18.2 Å². The Morgan fingerprint density at radius 1 is 1.22 bits per heavy atom. The van der Waals surface area contributed by atoms with Crippen LogP contribution in [0.25, 0.3) is 22.7 Å². The van der Waals surface area contributed by atoms with Crippen LogP contribution in [-0.4, -0.2) is 20.3 Å². The molecule has 0 unspecified atom stereocenters. The van der Waals surface area contributed by atoms with Crippen molar-refractivity contribution in [1.82, 2.24) is 20.3 Å². The van der Waals surface area contributed by atoms with Crippen LogP contribution in [0.15, 0.2) is 35.0 Å². The second-order valence-corrected chi connectivity index (χ2v) is 5.57. The van der Waals surface area contributed by atoms with Crippen LogP contribution in [0.1, 0.15) is 25.1 Å². The molecule has 6 nitrogen and oxygen atoms in total. The third kappa shape index (κ3) is 2.51. The number of benzene rings is 1. The van der Waals surface area contributed by atoms with Gasteiger partial charge in [-0.15, -0.1) is 12.4 Å². The van der Waals surface area contributed by atoms with Gasteiger partial charge in [0, 0.05) is 5.56 Å². The molecule has 0 radical (unpaired) electrons. The molecule has 2 aromatic heterocycles. The van der Waals surface area contributed by atoms with E-state index in [9.17, 15) is 4.39 Å². The third-order valence-electron chi connectivity index (χ3n) is 4.13. The number of aromatic amines is 1. The first-order valence-electron chi connectivity index (χ1n) is 7.09. The Kier molecular flexibility index (Phi) is 3.91. The molecule has 0 atom stereocenters. The number of nitrogens with one attached hydrogen (secondary N) is 1. The number of rotatable bonds is 3. The Balaban J connectivity index is 0.00000156. The molecule has 1 saturated carbocycles. The summed E-state index contributed by atoms with van der Waals surface area (Å²) in [4.78, 5) is 4.38. The number of nitrogens with two attached hydrogens (primary N) is 1. The van der Waals surface area contributed by atoms with E-state index >= 15 is 0 Å². The number of H-pyrrole nitrogens is 1. The Morgan fingerprint density at radius 3 is 2.70 bits per heavy atom. The van der Waals surface area contributed by atoms with Crippen molar-refractivity contribution in [3.63, 3.8) is 0 Å². The monoisotopic (exact) mass is 335 g/mol. The van der Waals surface area contributed by atoms with Crippen LogP contribution in [0.5, 0.6) is 0 Å². The summed E-state index contributed by atoms with van der Waals surface area (Å²) >= 11 is 0. The topological polar surface area (TPSA) is 93.6 Å². The smallest absolute Gasteiger partial charge is 0.261 e. The molecule has 1 aromatic carbocycles. The molecule has 2 heterocycles. The van der Waals surface area contributed by atoms with Crippen molar-refractivity contribution in [2.75, 3.05) is 0 Å². The van der Waals surface area contributed by atoms with E-state index in [0.717, 1.165) is 19.3 Å². The molecule has 4 rings (SSSR count). The van der Waals surface area contributed by atoms with Crippen LogP contribution in [0, 0.1) is 5.82 Å². The number of aromatic nitrogens is 4. The lowest BCUT2D eigenvalue weighted by molar-refractivity contribution is 0.229. The van der Waals surface area contributed by atoms with Gasteiger partial charge in [-0.25, -0.2) is 4.39 Å². The van der Waals surface area contributed by atoms with Gasteiger partial charge in [-0.1, -0.05) is 17.3 Å².